The van der Waals surface area contributed by atoms with Gasteiger partial charge in [0.2, 0.25) is 11.6 Å². The standard InChI is InChI=1S/C9H13NO4/c11-7-5-6(8(12)9(7)13)10-1-3-14-4-2-10/h6-7,11H,1-5H2. The van der Waals surface area contributed by atoms with Crippen LogP contribution in [-0.4, -0.2) is 60.0 Å². The molecule has 2 aliphatic rings. The number of ketones is 2. The molecule has 2 fully saturated rings. The van der Waals surface area contributed by atoms with Crippen molar-refractivity contribution in [1.29, 1.82) is 0 Å². The largest absolute Gasteiger partial charge is 0.385 e. The molecule has 1 heterocycles. The SMILES string of the molecule is O=C1C(=O)C(N2CCOCC2)CC1O. The fourth-order valence-electron chi connectivity index (χ4n) is 1.96. The molecular formula is C9H13NO4. The Kier molecular flexibility index (Phi) is 2.62. The van der Waals surface area contributed by atoms with Gasteiger partial charge >= 0.3 is 0 Å². The van der Waals surface area contributed by atoms with Gasteiger partial charge in [-0.3, -0.25) is 14.5 Å². The first kappa shape index (κ1) is 9.76. The van der Waals surface area contributed by atoms with Crippen LogP contribution in [0.1, 0.15) is 6.42 Å². The number of nitrogens with zero attached hydrogens (tertiary/aromatic N) is 1. The number of ether oxygens (including phenoxy) is 1. The Morgan fingerprint density at radius 3 is 2.36 bits per heavy atom. The Hall–Kier alpha value is -0.780. The van der Waals surface area contributed by atoms with Crippen LogP contribution in [0.3, 0.4) is 0 Å². The van der Waals surface area contributed by atoms with Crippen LogP contribution >= 0.6 is 0 Å². The van der Waals surface area contributed by atoms with E-state index in [-0.39, 0.29) is 6.42 Å². The summed E-state index contributed by atoms with van der Waals surface area (Å²) in [7, 11) is 0. The fourth-order valence-corrected chi connectivity index (χ4v) is 1.96. The number of Topliss-reactive ketones (excluding diaryl/α,β-unsaturated/α-hetero) is 2. The number of rotatable bonds is 1. The molecule has 2 unspecified atom stereocenters. The van der Waals surface area contributed by atoms with Gasteiger partial charge < -0.3 is 9.84 Å². The lowest BCUT2D eigenvalue weighted by Crippen LogP contribution is -2.46. The Morgan fingerprint density at radius 1 is 1.21 bits per heavy atom. The van der Waals surface area contributed by atoms with Gasteiger partial charge in [-0.25, -0.2) is 0 Å². The van der Waals surface area contributed by atoms with Gasteiger partial charge in [0.05, 0.1) is 19.3 Å². The zero-order chi connectivity index (χ0) is 10.1. The van der Waals surface area contributed by atoms with Gasteiger partial charge in [-0.2, -0.15) is 0 Å². The summed E-state index contributed by atoms with van der Waals surface area (Å²) in [5.41, 5.74) is 0. The average molecular weight is 199 g/mol. The quantitative estimate of drug-likeness (QED) is 0.525. The van der Waals surface area contributed by atoms with Gasteiger partial charge in [-0.05, 0) is 0 Å². The maximum Gasteiger partial charge on any atom is 0.228 e. The van der Waals surface area contributed by atoms with Crippen molar-refractivity contribution in [3.05, 3.63) is 0 Å². The Labute approximate surface area is 81.6 Å². The zero-order valence-corrected chi connectivity index (χ0v) is 7.81. The highest BCUT2D eigenvalue weighted by Gasteiger charge is 2.43. The number of morpholine rings is 1. The highest BCUT2D eigenvalue weighted by atomic mass is 16.5. The van der Waals surface area contributed by atoms with Crippen LogP contribution in [0.25, 0.3) is 0 Å². The van der Waals surface area contributed by atoms with E-state index >= 15 is 0 Å². The molecule has 2 rings (SSSR count). The van der Waals surface area contributed by atoms with Crippen LogP contribution < -0.4 is 0 Å². The Balaban J connectivity index is 2.04. The first-order chi connectivity index (χ1) is 6.70. The second-order valence-electron chi connectivity index (χ2n) is 3.64. The molecule has 0 aromatic carbocycles. The monoisotopic (exact) mass is 199 g/mol. The molecule has 0 spiro atoms. The molecule has 0 aromatic heterocycles. The lowest BCUT2D eigenvalue weighted by atomic mass is 10.2. The number of carbonyl (C=O) groups is 2. The molecule has 5 heteroatoms. The average Bonchev–Trinajstić information content (AvgIpc) is 2.47. The smallest absolute Gasteiger partial charge is 0.228 e. The summed E-state index contributed by atoms with van der Waals surface area (Å²) in [6.07, 6.45) is -0.840. The van der Waals surface area contributed by atoms with Crippen LogP contribution in [0.15, 0.2) is 0 Å². The highest BCUT2D eigenvalue weighted by molar-refractivity contribution is 6.42. The van der Waals surface area contributed by atoms with E-state index in [1.54, 1.807) is 0 Å². The highest BCUT2D eigenvalue weighted by Crippen LogP contribution is 2.19. The van der Waals surface area contributed by atoms with Crippen LogP contribution in [0, 0.1) is 0 Å². The molecule has 5 nitrogen and oxygen atoms in total. The van der Waals surface area contributed by atoms with Gasteiger partial charge in [0.15, 0.2) is 0 Å². The van der Waals surface area contributed by atoms with Crippen LogP contribution in [0.2, 0.25) is 0 Å². The van der Waals surface area contributed by atoms with Gasteiger partial charge in [-0.1, -0.05) is 0 Å². The maximum absolute atomic E-state index is 11.4. The Morgan fingerprint density at radius 2 is 1.86 bits per heavy atom. The normalized spacial score (nSPS) is 35.2. The van der Waals surface area contributed by atoms with Crippen molar-refractivity contribution in [3.8, 4) is 0 Å². The molecule has 1 saturated heterocycles. The third kappa shape index (κ3) is 1.58. The predicted octanol–water partition coefficient (Wildman–Crippen LogP) is -1.41. The summed E-state index contributed by atoms with van der Waals surface area (Å²) in [5, 5.41) is 9.24. The van der Waals surface area contributed by atoms with E-state index in [1.165, 1.54) is 0 Å². The molecule has 0 amide bonds. The van der Waals surface area contributed by atoms with E-state index < -0.39 is 23.7 Å². The zero-order valence-electron chi connectivity index (χ0n) is 7.81. The third-order valence-electron chi connectivity index (χ3n) is 2.78. The first-order valence-corrected chi connectivity index (χ1v) is 4.78. The van der Waals surface area contributed by atoms with E-state index in [1.807, 2.05) is 4.90 Å². The molecule has 0 aromatic rings. The molecular weight excluding hydrogens is 186 g/mol. The molecule has 2 atom stereocenters. The third-order valence-corrected chi connectivity index (χ3v) is 2.78. The minimum atomic E-state index is -1.09. The van der Waals surface area contributed by atoms with Crippen molar-refractivity contribution in [2.24, 2.45) is 0 Å². The van der Waals surface area contributed by atoms with Crippen LogP contribution in [0.5, 0.6) is 0 Å². The summed E-state index contributed by atoms with van der Waals surface area (Å²) in [6, 6.07) is -0.415. The topological polar surface area (TPSA) is 66.8 Å². The fraction of sp³-hybridized carbons (Fsp3) is 0.778. The summed E-state index contributed by atoms with van der Waals surface area (Å²) in [6.45, 7) is 2.51. The van der Waals surface area contributed by atoms with Crippen molar-refractivity contribution < 1.29 is 19.4 Å². The molecule has 1 N–H and O–H groups in total. The van der Waals surface area contributed by atoms with Crippen molar-refractivity contribution in [2.45, 2.75) is 18.6 Å². The lowest BCUT2D eigenvalue weighted by molar-refractivity contribution is -0.139. The second kappa shape index (κ2) is 3.76. The second-order valence-corrected chi connectivity index (χ2v) is 3.64. The summed E-state index contributed by atoms with van der Waals surface area (Å²) < 4.78 is 5.15. The van der Waals surface area contributed by atoms with E-state index in [4.69, 9.17) is 4.74 Å². The molecule has 1 aliphatic heterocycles. The number of hydrogen-bond acceptors (Lipinski definition) is 5. The molecule has 78 valence electrons. The van der Waals surface area contributed by atoms with Crippen molar-refractivity contribution in [1.82, 2.24) is 4.90 Å². The summed E-state index contributed by atoms with van der Waals surface area (Å²) in [5.74, 6) is -1.08. The molecule has 0 bridgehead atoms. The number of hydrogen-bond donors (Lipinski definition) is 1. The van der Waals surface area contributed by atoms with Crippen LogP contribution in [0.4, 0.5) is 0 Å². The number of carbonyl (C=O) groups excluding carboxylic acids is 2. The van der Waals surface area contributed by atoms with Crippen LogP contribution in [-0.2, 0) is 14.3 Å². The molecule has 1 aliphatic carbocycles. The van der Waals surface area contributed by atoms with Gasteiger partial charge in [0.25, 0.3) is 0 Å². The lowest BCUT2D eigenvalue weighted by Gasteiger charge is -2.30. The van der Waals surface area contributed by atoms with E-state index in [9.17, 15) is 14.7 Å². The van der Waals surface area contributed by atoms with Gasteiger partial charge in [0.1, 0.15) is 6.10 Å². The first-order valence-electron chi connectivity index (χ1n) is 4.78. The van der Waals surface area contributed by atoms with Gasteiger partial charge in [0, 0.05) is 19.5 Å². The molecule has 1 saturated carbocycles. The number of aliphatic hydroxyl groups is 1. The minimum Gasteiger partial charge on any atom is -0.385 e. The summed E-state index contributed by atoms with van der Waals surface area (Å²) in [4.78, 5) is 24.4. The molecule has 0 radical (unpaired) electrons. The van der Waals surface area contributed by atoms with E-state index in [0.29, 0.717) is 26.3 Å². The summed E-state index contributed by atoms with van der Waals surface area (Å²) >= 11 is 0. The van der Waals surface area contributed by atoms with Gasteiger partial charge in [-0.15, -0.1) is 0 Å². The minimum absolute atomic E-state index is 0.248. The van der Waals surface area contributed by atoms with Crippen molar-refractivity contribution >= 4 is 11.6 Å². The number of aliphatic hydroxyl groups excluding tert-OH is 1. The van der Waals surface area contributed by atoms with E-state index in [0.717, 1.165) is 0 Å². The molecule has 14 heavy (non-hydrogen) atoms. The maximum atomic E-state index is 11.4. The van der Waals surface area contributed by atoms with Crippen molar-refractivity contribution in [2.75, 3.05) is 26.3 Å². The van der Waals surface area contributed by atoms with E-state index in [2.05, 4.69) is 0 Å². The van der Waals surface area contributed by atoms with Crippen molar-refractivity contribution in [3.63, 3.8) is 0 Å². The predicted molar refractivity (Wildman–Crippen MR) is 46.8 cm³/mol. The Bertz CT molecular complexity index is 260.